The largest absolute Gasteiger partial charge is 0.319 e. The van der Waals surface area contributed by atoms with E-state index in [1.54, 1.807) is 6.92 Å². The van der Waals surface area contributed by atoms with Crippen molar-refractivity contribution in [2.75, 3.05) is 5.32 Å². The molecule has 0 atom stereocenters. The number of hydrogen-bond acceptors (Lipinski definition) is 4. The van der Waals surface area contributed by atoms with Gasteiger partial charge in [0.1, 0.15) is 5.82 Å². The van der Waals surface area contributed by atoms with E-state index in [4.69, 9.17) is 0 Å². The maximum atomic E-state index is 13.5. The summed E-state index contributed by atoms with van der Waals surface area (Å²) in [6, 6.07) is 0.966. The van der Waals surface area contributed by atoms with Gasteiger partial charge in [0.05, 0.1) is 22.4 Å². The number of aromatic nitrogens is 2. The van der Waals surface area contributed by atoms with Crippen molar-refractivity contribution in [2.24, 2.45) is 0 Å². The lowest BCUT2D eigenvalue weighted by atomic mass is 10.2. The van der Waals surface area contributed by atoms with Crippen LogP contribution in [0.5, 0.6) is 0 Å². The Bertz CT molecular complexity index is 699. The van der Waals surface area contributed by atoms with Crippen LogP contribution in [0, 0.1) is 28.7 Å². The van der Waals surface area contributed by atoms with Gasteiger partial charge in [-0.25, -0.2) is 4.39 Å². The molecule has 0 saturated heterocycles. The van der Waals surface area contributed by atoms with Gasteiger partial charge in [-0.3, -0.25) is 20.0 Å². The van der Waals surface area contributed by atoms with Crippen molar-refractivity contribution in [3.05, 3.63) is 51.3 Å². The molecule has 104 valence electrons. The van der Waals surface area contributed by atoms with E-state index in [2.05, 4.69) is 15.5 Å². The fraction of sp³-hybridized carbons (Fsp3) is 0.0909. The third kappa shape index (κ3) is 2.46. The summed E-state index contributed by atoms with van der Waals surface area (Å²) in [5.74, 6) is -3.14. The second-order valence-corrected chi connectivity index (χ2v) is 3.90. The van der Waals surface area contributed by atoms with Crippen LogP contribution in [-0.4, -0.2) is 21.0 Å². The first-order chi connectivity index (χ1) is 9.40. The zero-order valence-electron chi connectivity index (χ0n) is 10.1. The topological polar surface area (TPSA) is 101 Å². The zero-order chi connectivity index (χ0) is 14.9. The van der Waals surface area contributed by atoms with Gasteiger partial charge in [-0.05, 0) is 6.92 Å². The fourth-order valence-corrected chi connectivity index (χ4v) is 1.54. The summed E-state index contributed by atoms with van der Waals surface area (Å²) in [6.45, 7) is 1.57. The van der Waals surface area contributed by atoms with E-state index in [0.717, 1.165) is 0 Å². The number of rotatable bonds is 3. The van der Waals surface area contributed by atoms with Gasteiger partial charge in [-0.15, -0.1) is 0 Å². The summed E-state index contributed by atoms with van der Waals surface area (Å²) >= 11 is 0. The summed E-state index contributed by atoms with van der Waals surface area (Å²) < 4.78 is 26.6. The number of carbonyl (C=O) groups excluding carboxylic acids is 1. The summed E-state index contributed by atoms with van der Waals surface area (Å²) in [7, 11) is 0. The quantitative estimate of drug-likeness (QED) is 0.665. The number of aryl methyl sites for hydroxylation is 1. The number of nitrogens with one attached hydrogen (secondary N) is 2. The van der Waals surface area contributed by atoms with Crippen LogP contribution in [0.3, 0.4) is 0 Å². The van der Waals surface area contributed by atoms with E-state index < -0.39 is 33.8 Å². The number of aromatic amines is 1. The first kappa shape index (κ1) is 13.6. The minimum Gasteiger partial charge on any atom is -0.319 e. The van der Waals surface area contributed by atoms with E-state index in [1.807, 2.05) is 0 Å². The van der Waals surface area contributed by atoms with Gasteiger partial charge in [0.2, 0.25) is 5.82 Å². The Hall–Kier alpha value is -2.84. The van der Waals surface area contributed by atoms with Crippen molar-refractivity contribution in [1.29, 1.82) is 0 Å². The van der Waals surface area contributed by atoms with Crippen LogP contribution >= 0.6 is 0 Å². The minimum atomic E-state index is -1.31. The van der Waals surface area contributed by atoms with Gasteiger partial charge in [0, 0.05) is 17.8 Å². The van der Waals surface area contributed by atoms with Gasteiger partial charge in [0.15, 0.2) is 0 Å². The number of nitro groups is 1. The lowest BCUT2D eigenvalue weighted by Gasteiger charge is -2.06. The Kier molecular flexibility index (Phi) is 3.42. The zero-order valence-corrected chi connectivity index (χ0v) is 10.1. The Labute approximate surface area is 110 Å². The molecule has 20 heavy (non-hydrogen) atoms. The van der Waals surface area contributed by atoms with Crippen LogP contribution in [0.1, 0.15) is 16.1 Å². The highest BCUT2D eigenvalue weighted by Gasteiger charge is 2.20. The van der Waals surface area contributed by atoms with E-state index in [0.29, 0.717) is 17.8 Å². The smallest absolute Gasteiger partial charge is 0.307 e. The van der Waals surface area contributed by atoms with Crippen molar-refractivity contribution in [2.45, 2.75) is 6.92 Å². The second-order valence-electron chi connectivity index (χ2n) is 3.90. The number of anilines is 1. The molecule has 0 fully saturated rings. The highest BCUT2D eigenvalue weighted by molar-refractivity contribution is 6.05. The lowest BCUT2D eigenvalue weighted by Crippen LogP contribution is -2.14. The average Bonchev–Trinajstić information content (AvgIpc) is 2.78. The van der Waals surface area contributed by atoms with Gasteiger partial charge in [0.25, 0.3) is 5.91 Å². The molecule has 0 aliphatic heterocycles. The molecule has 0 unspecified atom stereocenters. The first-order valence-electron chi connectivity index (χ1n) is 5.35. The van der Waals surface area contributed by atoms with E-state index in [9.17, 15) is 23.7 Å². The molecule has 0 aliphatic carbocycles. The van der Waals surface area contributed by atoms with Crippen molar-refractivity contribution >= 4 is 17.3 Å². The molecule has 0 spiro atoms. The van der Waals surface area contributed by atoms with E-state index in [-0.39, 0.29) is 5.56 Å². The van der Waals surface area contributed by atoms with E-state index in [1.165, 1.54) is 6.20 Å². The number of nitrogens with zero attached hydrogens (tertiary/aromatic N) is 2. The van der Waals surface area contributed by atoms with Crippen LogP contribution < -0.4 is 5.32 Å². The molecular weight excluding hydrogens is 274 g/mol. The van der Waals surface area contributed by atoms with Gasteiger partial charge in [-0.2, -0.15) is 9.49 Å². The summed E-state index contributed by atoms with van der Waals surface area (Å²) in [5.41, 5.74) is -0.815. The Balaban J connectivity index is 2.34. The first-order valence-corrected chi connectivity index (χ1v) is 5.35. The van der Waals surface area contributed by atoms with Crippen LogP contribution in [0.15, 0.2) is 18.3 Å². The number of nitro benzene ring substituents is 1. The van der Waals surface area contributed by atoms with Crippen molar-refractivity contribution in [3.8, 4) is 0 Å². The third-order valence-corrected chi connectivity index (χ3v) is 2.56. The molecule has 9 heteroatoms. The number of carbonyl (C=O) groups is 1. The van der Waals surface area contributed by atoms with Crippen LogP contribution in [0.2, 0.25) is 0 Å². The molecule has 1 aromatic carbocycles. The maximum absolute atomic E-state index is 13.5. The standard InChI is InChI=1S/C11H8F2N4O3/c1-5-6(4-14-16-5)11(18)15-9-3-10(17(19)20)8(13)2-7(9)12/h2-4H,1H3,(H,14,16)(H,15,18). The molecule has 0 radical (unpaired) electrons. The molecule has 0 bridgehead atoms. The van der Waals surface area contributed by atoms with Crippen molar-refractivity contribution in [3.63, 3.8) is 0 Å². The summed E-state index contributed by atoms with van der Waals surface area (Å²) in [6.07, 6.45) is 1.22. The van der Waals surface area contributed by atoms with Gasteiger partial charge >= 0.3 is 5.69 Å². The molecule has 0 aliphatic rings. The fourth-order valence-electron chi connectivity index (χ4n) is 1.54. The van der Waals surface area contributed by atoms with E-state index >= 15 is 0 Å². The maximum Gasteiger partial charge on any atom is 0.307 e. The molecule has 7 nitrogen and oxygen atoms in total. The third-order valence-electron chi connectivity index (χ3n) is 2.56. The normalized spacial score (nSPS) is 10.3. The molecule has 1 aromatic heterocycles. The number of hydrogen-bond donors (Lipinski definition) is 2. The SMILES string of the molecule is Cc1[nH]ncc1C(=O)Nc1cc([N+](=O)[O-])c(F)cc1F. The summed E-state index contributed by atoms with van der Waals surface area (Å²) in [5, 5.41) is 18.8. The molecule has 2 rings (SSSR count). The van der Waals surface area contributed by atoms with Crippen LogP contribution in [-0.2, 0) is 0 Å². The summed E-state index contributed by atoms with van der Waals surface area (Å²) in [4.78, 5) is 21.4. The molecule has 2 aromatic rings. The van der Waals surface area contributed by atoms with Gasteiger partial charge < -0.3 is 5.32 Å². The van der Waals surface area contributed by atoms with Gasteiger partial charge in [-0.1, -0.05) is 0 Å². The highest BCUT2D eigenvalue weighted by atomic mass is 19.1. The van der Waals surface area contributed by atoms with Crippen LogP contribution in [0.25, 0.3) is 0 Å². The number of benzene rings is 1. The minimum absolute atomic E-state index is 0.149. The Morgan fingerprint density at radius 3 is 2.65 bits per heavy atom. The Morgan fingerprint density at radius 2 is 2.10 bits per heavy atom. The van der Waals surface area contributed by atoms with Crippen LogP contribution in [0.4, 0.5) is 20.2 Å². The molecule has 1 amide bonds. The molecule has 0 saturated carbocycles. The molecule has 2 N–H and O–H groups in total. The monoisotopic (exact) mass is 282 g/mol. The van der Waals surface area contributed by atoms with Crippen molar-refractivity contribution < 1.29 is 18.5 Å². The highest BCUT2D eigenvalue weighted by Crippen LogP contribution is 2.25. The molecule has 1 heterocycles. The predicted octanol–water partition coefficient (Wildman–Crippen LogP) is 2.16. The van der Waals surface area contributed by atoms with Crippen molar-refractivity contribution in [1.82, 2.24) is 10.2 Å². The molecular formula is C11H8F2N4O3. The number of H-pyrrole nitrogens is 1. The number of amides is 1. The lowest BCUT2D eigenvalue weighted by molar-refractivity contribution is -0.387. The Morgan fingerprint density at radius 1 is 1.40 bits per heavy atom. The average molecular weight is 282 g/mol. The number of halogens is 2. The predicted molar refractivity (Wildman–Crippen MR) is 64.3 cm³/mol. The second kappa shape index (κ2) is 5.03.